The molecule has 0 aliphatic carbocycles. The van der Waals surface area contributed by atoms with Crippen LogP contribution < -0.4 is 10.2 Å². The van der Waals surface area contributed by atoms with Crippen LogP contribution in [0.3, 0.4) is 0 Å². The zero-order valence-corrected chi connectivity index (χ0v) is 16.8. The van der Waals surface area contributed by atoms with Crippen molar-refractivity contribution in [1.29, 1.82) is 0 Å². The molecule has 2 amide bonds. The van der Waals surface area contributed by atoms with Gasteiger partial charge in [-0.25, -0.2) is 0 Å². The number of anilines is 2. The molecular formula is C22H20N4O4. The Morgan fingerprint density at radius 3 is 2.67 bits per heavy atom. The number of hydrogen-bond donors (Lipinski definition) is 1. The van der Waals surface area contributed by atoms with Gasteiger partial charge in [0.15, 0.2) is 0 Å². The molecular weight excluding hydrogens is 384 g/mol. The number of aromatic nitrogens is 1. The minimum atomic E-state index is -0.844. The van der Waals surface area contributed by atoms with Crippen molar-refractivity contribution in [2.75, 3.05) is 16.8 Å². The van der Waals surface area contributed by atoms with Gasteiger partial charge in [0.2, 0.25) is 5.91 Å². The van der Waals surface area contributed by atoms with Gasteiger partial charge in [-0.05, 0) is 44.5 Å². The molecule has 0 bridgehead atoms. The Kier molecular flexibility index (Phi) is 4.49. The first-order chi connectivity index (χ1) is 14.3. The molecule has 152 valence electrons. The number of likely N-dealkylation sites (N-methyl/N-ethyl adjacent to an activating group) is 1. The molecule has 1 N–H and O–H groups in total. The molecule has 2 aromatic carbocycles. The second-order valence-corrected chi connectivity index (χ2v) is 7.65. The van der Waals surface area contributed by atoms with Crippen molar-refractivity contribution in [3.05, 3.63) is 69.9 Å². The van der Waals surface area contributed by atoms with Crippen molar-refractivity contribution >= 4 is 39.8 Å². The Morgan fingerprint density at radius 2 is 1.97 bits per heavy atom. The largest absolute Gasteiger partial charge is 0.316 e. The summed E-state index contributed by atoms with van der Waals surface area (Å²) in [5.74, 6) is -0.607. The van der Waals surface area contributed by atoms with E-state index in [-0.39, 0.29) is 17.3 Å². The highest BCUT2D eigenvalue weighted by atomic mass is 16.6. The molecule has 0 saturated heterocycles. The SMILES string of the molecule is CCN1C(=O)C(C)(C)c2cc(NC(=O)c3ccnc4ccccc34)c([N+](=O)[O-])cc21. The lowest BCUT2D eigenvalue weighted by atomic mass is 9.85. The lowest BCUT2D eigenvalue weighted by Gasteiger charge is -2.18. The van der Waals surface area contributed by atoms with Crippen LogP contribution in [0.2, 0.25) is 0 Å². The van der Waals surface area contributed by atoms with Gasteiger partial charge in [0.1, 0.15) is 5.69 Å². The highest BCUT2D eigenvalue weighted by Gasteiger charge is 2.44. The summed E-state index contributed by atoms with van der Waals surface area (Å²) >= 11 is 0. The van der Waals surface area contributed by atoms with Gasteiger partial charge in [0, 0.05) is 24.2 Å². The summed E-state index contributed by atoms with van der Waals surface area (Å²) in [6.07, 6.45) is 1.52. The van der Waals surface area contributed by atoms with Crippen molar-refractivity contribution < 1.29 is 14.5 Å². The van der Waals surface area contributed by atoms with Crippen molar-refractivity contribution in [2.24, 2.45) is 0 Å². The number of amides is 2. The molecule has 3 aromatic rings. The average molecular weight is 404 g/mol. The molecule has 1 aromatic heterocycles. The van der Waals surface area contributed by atoms with Crippen LogP contribution in [-0.4, -0.2) is 28.3 Å². The predicted molar refractivity (Wildman–Crippen MR) is 114 cm³/mol. The van der Waals surface area contributed by atoms with Gasteiger partial charge in [0.05, 0.1) is 27.1 Å². The van der Waals surface area contributed by atoms with E-state index in [0.717, 1.165) is 0 Å². The molecule has 30 heavy (non-hydrogen) atoms. The van der Waals surface area contributed by atoms with Crippen LogP contribution in [0, 0.1) is 10.1 Å². The van der Waals surface area contributed by atoms with Crippen molar-refractivity contribution in [2.45, 2.75) is 26.2 Å². The zero-order chi connectivity index (χ0) is 21.6. The topological polar surface area (TPSA) is 105 Å². The first kappa shape index (κ1) is 19.5. The number of para-hydroxylation sites is 1. The van der Waals surface area contributed by atoms with Crippen LogP contribution >= 0.6 is 0 Å². The predicted octanol–water partition coefficient (Wildman–Crippen LogP) is 4.04. The van der Waals surface area contributed by atoms with E-state index in [0.29, 0.717) is 34.3 Å². The summed E-state index contributed by atoms with van der Waals surface area (Å²) in [5, 5.41) is 15.1. The number of carbonyl (C=O) groups is 2. The van der Waals surface area contributed by atoms with E-state index in [2.05, 4.69) is 10.3 Å². The van der Waals surface area contributed by atoms with E-state index in [4.69, 9.17) is 0 Å². The number of rotatable bonds is 4. The number of hydrogen-bond acceptors (Lipinski definition) is 5. The Bertz CT molecular complexity index is 1210. The summed E-state index contributed by atoms with van der Waals surface area (Å²) in [6.45, 7) is 5.77. The molecule has 0 atom stereocenters. The van der Waals surface area contributed by atoms with E-state index < -0.39 is 16.2 Å². The molecule has 1 aliphatic heterocycles. The van der Waals surface area contributed by atoms with E-state index in [1.54, 1.807) is 44.2 Å². The number of pyridine rings is 1. The highest BCUT2D eigenvalue weighted by molar-refractivity contribution is 6.14. The first-order valence-electron chi connectivity index (χ1n) is 9.55. The maximum Gasteiger partial charge on any atom is 0.294 e. The van der Waals surface area contributed by atoms with Crippen LogP contribution in [0.1, 0.15) is 36.7 Å². The third kappa shape index (κ3) is 2.88. The Balaban J connectivity index is 1.82. The standard InChI is InChI=1S/C22H20N4O4/c1-4-25-18-12-19(26(29)30)17(11-15(18)22(2,3)21(25)28)24-20(27)14-9-10-23-16-8-6-5-7-13(14)16/h5-12H,4H2,1-3H3,(H,24,27). The molecule has 8 nitrogen and oxygen atoms in total. The number of fused-ring (bicyclic) bond motifs is 2. The van der Waals surface area contributed by atoms with E-state index >= 15 is 0 Å². The lowest BCUT2D eigenvalue weighted by Crippen LogP contribution is -2.35. The summed E-state index contributed by atoms with van der Waals surface area (Å²) in [5.41, 5.74) is 1.12. The Morgan fingerprint density at radius 1 is 1.23 bits per heavy atom. The fourth-order valence-corrected chi connectivity index (χ4v) is 3.91. The molecule has 0 saturated carbocycles. The number of nitro benzene ring substituents is 1. The lowest BCUT2D eigenvalue weighted by molar-refractivity contribution is -0.383. The van der Waals surface area contributed by atoms with Crippen molar-refractivity contribution in [3.63, 3.8) is 0 Å². The van der Waals surface area contributed by atoms with Gasteiger partial charge in [-0.3, -0.25) is 24.7 Å². The molecule has 2 heterocycles. The monoisotopic (exact) mass is 404 g/mol. The van der Waals surface area contributed by atoms with Crippen molar-refractivity contribution in [3.8, 4) is 0 Å². The van der Waals surface area contributed by atoms with Crippen LogP contribution in [0.4, 0.5) is 17.1 Å². The number of benzene rings is 2. The van der Waals surface area contributed by atoms with E-state index in [1.807, 2.05) is 13.0 Å². The first-order valence-corrected chi connectivity index (χ1v) is 9.55. The number of nitrogens with one attached hydrogen (secondary N) is 1. The number of carbonyl (C=O) groups excluding carboxylic acids is 2. The van der Waals surface area contributed by atoms with Crippen molar-refractivity contribution in [1.82, 2.24) is 4.98 Å². The highest BCUT2D eigenvalue weighted by Crippen LogP contribution is 2.46. The van der Waals surface area contributed by atoms with Gasteiger partial charge < -0.3 is 10.2 Å². The van der Waals surface area contributed by atoms with Gasteiger partial charge >= 0.3 is 0 Å². The summed E-state index contributed by atoms with van der Waals surface area (Å²) < 4.78 is 0. The second-order valence-electron chi connectivity index (χ2n) is 7.65. The Hall–Kier alpha value is -3.81. The van der Waals surface area contributed by atoms with Gasteiger partial charge in [-0.15, -0.1) is 0 Å². The molecule has 1 aliphatic rings. The van der Waals surface area contributed by atoms with Gasteiger partial charge in [-0.2, -0.15) is 0 Å². The van der Waals surface area contributed by atoms with Crippen LogP contribution in [0.5, 0.6) is 0 Å². The molecule has 0 fully saturated rings. The smallest absolute Gasteiger partial charge is 0.294 e. The maximum atomic E-state index is 13.0. The molecule has 0 radical (unpaired) electrons. The quantitative estimate of drug-likeness (QED) is 0.522. The van der Waals surface area contributed by atoms with E-state index in [1.165, 1.54) is 17.2 Å². The van der Waals surface area contributed by atoms with Crippen LogP contribution in [0.25, 0.3) is 10.9 Å². The van der Waals surface area contributed by atoms with Gasteiger partial charge in [0.25, 0.3) is 11.6 Å². The fraction of sp³-hybridized carbons (Fsp3) is 0.227. The molecule has 0 spiro atoms. The summed E-state index contributed by atoms with van der Waals surface area (Å²) in [7, 11) is 0. The molecule has 4 rings (SSSR count). The fourth-order valence-electron chi connectivity index (χ4n) is 3.91. The van der Waals surface area contributed by atoms with Gasteiger partial charge in [-0.1, -0.05) is 18.2 Å². The minimum absolute atomic E-state index is 0.0588. The van der Waals surface area contributed by atoms with Crippen LogP contribution in [-0.2, 0) is 10.2 Å². The maximum absolute atomic E-state index is 13.0. The van der Waals surface area contributed by atoms with E-state index in [9.17, 15) is 19.7 Å². The number of nitrogens with zero attached hydrogens (tertiary/aromatic N) is 3. The average Bonchev–Trinajstić information content (AvgIpc) is 2.92. The second kappa shape index (κ2) is 6.91. The molecule has 0 unspecified atom stereocenters. The zero-order valence-electron chi connectivity index (χ0n) is 16.8. The number of nitro groups is 1. The third-order valence-electron chi connectivity index (χ3n) is 5.51. The summed E-state index contributed by atoms with van der Waals surface area (Å²) in [4.78, 5) is 42.7. The van der Waals surface area contributed by atoms with Crippen LogP contribution in [0.15, 0.2) is 48.7 Å². The molecule has 8 heteroatoms. The summed E-state index contributed by atoms with van der Waals surface area (Å²) in [6, 6.07) is 11.7. The Labute approximate surface area is 172 Å². The normalized spacial score (nSPS) is 14.6. The minimum Gasteiger partial charge on any atom is -0.316 e. The third-order valence-corrected chi connectivity index (χ3v) is 5.51.